The Hall–Kier alpha value is -1.44. The van der Waals surface area contributed by atoms with Crippen LogP contribution in [0.2, 0.25) is 0 Å². The van der Waals surface area contributed by atoms with Crippen molar-refractivity contribution in [3.63, 3.8) is 0 Å². The molecule has 1 atom stereocenters. The van der Waals surface area contributed by atoms with E-state index in [1.165, 1.54) is 18.2 Å². The molecule has 1 fully saturated rings. The molecule has 1 aromatic rings. The number of nitriles is 1. The first-order valence-corrected chi connectivity index (χ1v) is 6.15. The fourth-order valence-corrected chi connectivity index (χ4v) is 2.11. The van der Waals surface area contributed by atoms with Gasteiger partial charge in [0.2, 0.25) is 0 Å². The number of aliphatic hydroxyl groups is 1. The number of rotatable bonds is 5. The van der Waals surface area contributed by atoms with Gasteiger partial charge in [-0.3, -0.25) is 4.90 Å². The third kappa shape index (κ3) is 3.28. The van der Waals surface area contributed by atoms with Gasteiger partial charge in [-0.2, -0.15) is 5.26 Å². The molecule has 0 radical (unpaired) electrons. The quantitative estimate of drug-likeness (QED) is 0.865. The van der Waals surface area contributed by atoms with E-state index in [2.05, 4.69) is 6.07 Å². The third-order valence-corrected chi connectivity index (χ3v) is 3.29. The lowest BCUT2D eigenvalue weighted by atomic mass is 10.1. The number of likely N-dealkylation sites (N-methyl/N-ethyl adjacent to an activating group) is 1. The van der Waals surface area contributed by atoms with Crippen molar-refractivity contribution in [2.45, 2.75) is 25.5 Å². The Morgan fingerprint density at radius 2 is 2.28 bits per heavy atom. The summed E-state index contributed by atoms with van der Waals surface area (Å²) in [4.78, 5) is 1.93. The molecule has 0 bridgehead atoms. The Bertz CT molecular complexity index is 465. The van der Waals surface area contributed by atoms with Crippen LogP contribution in [-0.2, 0) is 6.54 Å². The molecule has 0 spiro atoms. The molecule has 1 unspecified atom stereocenters. The Kier molecular flexibility index (Phi) is 3.95. The van der Waals surface area contributed by atoms with Crippen LogP contribution >= 0.6 is 0 Å². The summed E-state index contributed by atoms with van der Waals surface area (Å²) in [5.41, 5.74) is 1.16. The molecule has 0 aromatic heterocycles. The van der Waals surface area contributed by atoms with Crippen LogP contribution in [0, 0.1) is 23.1 Å². The van der Waals surface area contributed by atoms with Crippen LogP contribution in [0.5, 0.6) is 0 Å². The number of nitrogens with zero attached hydrogens (tertiary/aromatic N) is 2. The number of aliphatic hydroxyl groups excluding tert-OH is 1. The number of halogens is 1. The monoisotopic (exact) mass is 248 g/mol. The molecule has 1 aromatic carbocycles. The Labute approximate surface area is 106 Å². The minimum Gasteiger partial charge on any atom is -0.392 e. The Morgan fingerprint density at radius 1 is 1.56 bits per heavy atom. The van der Waals surface area contributed by atoms with Gasteiger partial charge in [-0.05, 0) is 49.6 Å². The van der Waals surface area contributed by atoms with Crippen molar-refractivity contribution in [2.24, 2.45) is 5.92 Å². The standard InChI is InChI=1S/C14H17FN2O/c1-17(9-14(18)10-2-3-10)8-12-6-13(15)5-4-11(12)7-16/h4-6,10,14,18H,2-3,8-9H2,1H3. The SMILES string of the molecule is CN(Cc1cc(F)ccc1C#N)CC(O)C1CC1. The highest BCUT2D eigenvalue weighted by Crippen LogP contribution is 2.32. The Morgan fingerprint density at radius 3 is 2.89 bits per heavy atom. The van der Waals surface area contributed by atoms with Crippen LogP contribution in [-0.4, -0.2) is 29.7 Å². The normalized spacial score (nSPS) is 16.6. The van der Waals surface area contributed by atoms with Crippen LogP contribution in [0.15, 0.2) is 18.2 Å². The van der Waals surface area contributed by atoms with Gasteiger partial charge in [0.15, 0.2) is 0 Å². The maximum Gasteiger partial charge on any atom is 0.123 e. The minimum absolute atomic E-state index is 0.311. The summed E-state index contributed by atoms with van der Waals surface area (Å²) in [6, 6.07) is 6.24. The molecular formula is C14H17FN2O. The molecule has 4 heteroatoms. The van der Waals surface area contributed by atoms with E-state index in [4.69, 9.17) is 5.26 Å². The van der Waals surface area contributed by atoms with Crippen molar-refractivity contribution in [3.8, 4) is 6.07 Å². The van der Waals surface area contributed by atoms with Gasteiger partial charge >= 0.3 is 0 Å². The van der Waals surface area contributed by atoms with Crippen LogP contribution < -0.4 is 0 Å². The van der Waals surface area contributed by atoms with Crippen molar-refractivity contribution in [2.75, 3.05) is 13.6 Å². The second-order valence-corrected chi connectivity index (χ2v) is 5.01. The lowest BCUT2D eigenvalue weighted by Crippen LogP contribution is -2.30. The van der Waals surface area contributed by atoms with Crippen molar-refractivity contribution in [3.05, 3.63) is 35.1 Å². The largest absolute Gasteiger partial charge is 0.392 e. The Balaban J connectivity index is 1.99. The highest BCUT2D eigenvalue weighted by Gasteiger charge is 2.30. The fraction of sp³-hybridized carbons (Fsp3) is 0.500. The van der Waals surface area contributed by atoms with Gasteiger partial charge in [0.1, 0.15) is 5.82 Å². The fourth-order valence-electron chi connectivity index (χ4n) is 2.11. The molecule has 1 N–H and O–H groups in total. The van der Waals surface area contributed by atoms with Crippen molar-refractivity contribution in [1.29, 1.82) is 5.26 Å². The van der Waals surface area contributed by atoms with E-state index >= 15 is 0 Å². The lowest BCUT2D eigenvalue weighted by molar-refractivity contribution is 0.104. The molecule has 18 heavy (non-hydrogen) atoms. The van der Waals surface area contributed by atoms with Crippen LogP contribution in [0.25, 0.3) is 0 Å². The zero-order valence-electron chi connectivity index (χ0n) is 10.4. The summed E-state index contributed by atoms with van der Waals surface area (Å²) < 4.78 is 13.2. The average Bonchev–Trinajstić information content (AvgIpc) is 3.12. The van der Waals surface area contributed by atoms with Gasteiger partial charge in [0.05, 0.1) is 17.7 Å². The predicted molar refractivity (Wildman–Crippen MR) is 66.2 cm³/mol. The van der Waals surface area contributed by atoms with Crippen molar-refractivity contribution in [1.82, 2.24) is 4.90 Å². The van der Waals surface area contributed by atoms with Gasteiger partial charge < -0.3 is 5.11 Å². The van der Waals surface area contributed by atoms with E-state index < -0.39 is 0 Å². The topological polar surface area (TPSA) is 47.3 Å². The molecule has 2 rings (SSSR count). The zero-order chi connectivity index (χ0) is 13.1. The number of benzene rings is 1. The average molecular weight is 248 g/mol. The zero-order valence-corrected chi connectivity index (χ0v) is 10.4. The smallest absolute Gasteiger partial charge is 0.123 e. The molecule has 0 saturated heterocycles. The predicted octanol–water partition coefficient (Wildman–Crippen LogP) is 1.90. The molecule has 96 valence electrons. The van der Waals surface area contributed by atoms with Crippen LogP contribution in [0.1, 0.15) is 24.0 Å². The molecule has 0 aliphatic heterocycles. The van der Waals surface area contributed by atoms with Crippen LogP contribution in [0.3, 0.4) is 0 Å². The molecule has 1 saturated carbocycles. The van der Waals surface area contributed by atoms with Crippen LogP contribution in [0.4, 0.5) is 4.39 Å². The summed E-state index contributed by atoms with van der Waals surface area (Å²) >= 11 is 0. The number of hydrogen-bond donors (Lipinski definition) is 1. The van der Waals surface area contributed by atoms with E-state index in [1.54, 1.807) is 0 Å². The molecule has 1 aliphatic carbocycles. The van der Waals surface area contributed by atoms with E-state index in [0.29, 0.717) is 30.1 Å². The molecule has 0 amide bonds. The molecule has 3 nitrogen and oxygen atoms in total. The first kappa shape index (κ1) is 13.0. The maximum absolute atomic E-state index is 13.2. The summed E-state index contributed by atoms with van der Waals surface area (Å²) in [5, 5.41) is 18.8. The molecule has 0 heterocycles. The van der Waals surface area contributed by atoms with Gasteiger partial charge in [0, 0.05) is 13.1 Å². The second-order valence-electron chi connectivity index (χ2n) is 5.01. The van der Waals surface area contributed by atoms with Crippen molar-refractivity contribution >= 4 is 0 Å². The van der Waals surface area contributed by atoms with E-state index in [-0.39, 0.29) is 11.9 Å². The minimum atomic E-state index is -0.333. The van der Waals surface area contributed by atoms with E-state index in [1.807, 2.05) is 11.9 Å². The van der Waals surface area contributed by atoms with E-state index in [9.17, 15) is 9.50 Å². The molecular weight excluding hydrogens is 231 g/mol. The highest BCUT2D eigenvalue weighted by molar-refractivity contribution is 5.37. The summed E-state index contributed by atoms with van der Waals surface area (Å²) in [6.07, 6.45) is 1.88. The summed E-state index contributed by atoms with van der Waals surface area (Å²) in [5.74, 6) is 0.0931. The maximum atomic E-state index is 13.2. The first-order valence-electron chi connectivity index (χ1n) is 6.15. The van der Waals surface area contributed by atoms with Gasteiger partial charge in [-0.25, -0.2) is 4.39 Å². The lowest BCUT2D eigenvalue weighted by Gasteiger charge is -2.20. The van der Waals surface area contributed by atoms with Crippen molar-refractivity contribution < 1.29 is 9.50 Å². The summed E-state index contributed by atoms with van der Waals surface area (Å²) in [6.45, 7) is 1.04. The molecule has 1 aliphatic rings. The van der Waals surface area contributed by atoms with Gasteiger partial charge in [0.25, 0.3) is 0 Å². The van der Waals surface area contributed by atoms with Gasteiger partial charge in [-0.15, -0.1) is 0 Å². The van der Waals surface area contributed by atoms with E-state index in [0.717, 1.165) is 12.8 Å². The first-order chi connectivity index (χ1) is 8.60. The highest BCUT2D eigenvalue weighted by atomic mass is 19.1. The van der Waals surface area contributed by atoms with Gasteiger partial charge in [-0.1, -0.05) is 0 Å². The summed E-state index contributed by atoms with van der Waals surface area (Å²) in [7, 11) is 1.87. The second kappa shape index (κ2) is 5.47. The third-order valence-electron chi connectivity index (χ3n) is 3.29. The number of hydrogen-bond acceptors (Lipinski definition) is 3.